The fraction of sp³-hybridized carbons (Fsp3) is 0.941. The maximum Gasteiger partial charge on any atom is 0.312 e. The predicted molar refractivity (Wildman–Crippen MR) is 76.9 cm³/mol. The molecule has 1 saturated heterocycles. The van der Waals surface area contributed by atoms with Crippen LogP contribution < -0.4 is 0 Å². The Balaban J connectivity index is 1.87. The Morgan fingerprint density at radius 1 is 1.05 bits per heavy atom. The normalized spacial score (nSPS) is 52.0. The van der Waals surface area contributed by atoms with E-state index >= 15 is 0 Å². The van der Waals surface area contributed by atoms with Gasteiger partial charge >= 0.3 is 5.97 Å². The van der Waals surface area contributed by atoms with Crippen molar-refractivity contribution in [2.24, 2.45) is 17.3 Å². The summed E-state index contributed by atoms with van der Waals surface area (Å²) in [6, 6.07) is 0. The molecule has 4 fully saturated rings. The zero-order valence-corrected chi connectivity index (χ0v) is 12.6. The van der Waals surface area contributed by atoms with Crippen molar-refractivity contribution in [3.63, 3.8) is 0 Å². The van der Waals surface area contributed by atoms with Crippen molar-refractivity contribution >= 4 is 5.97 Å². The summed E-state index contributed by atoms with van der Waals surface area (Å²) in [6.07, 6.45) is 9.79. The summed E-state index contributed by atoms with van der Waals surface area (Å²) < 4.78 is 6.65. The summed E-state index contributed by atoms with van der Waals surface area (Å²) in [6.45, 7) is -0.0246. The number of aliphatic hydroxyl groups excluding tert-OH is 1. The average Bonchev–Trinajstić information content (AvgIpc) is 2.65. The summed E-state index contributed by atoms with van der Waals surface area (Å²) in [4.78, 5) is 12.3. The molecule has 3 saturated carbocycles. The zero-order chi connectivity index (χ0) is 14.7. The monoisotopic (exact) mass is 294 g/mol. The largest absolute Gasteiger partial charge is 0.481 e. The van der Waals surface area contributed by atoms with Crippen molar-refractivity contribution in [1.82, 2.24) is 0 Å². The van der Waals surface area contributed by atoms with Gasteiger partial charge in [-0.15, -0.1) is 0 Å². The maximum absolute atomic E-state index is 12.3. The fourth-order valence-electron chi connectivity index (χ4n) is 6.48. The highest BCUT2D eigenvalue weighted by atomic mass is 16.5. The van der Waals surface area contributed by atoms with E-state index in [-0.39, 0.29) is 6.61 Å². The number of rotatable bonds is 2. The molecule has 0 amide bonds. The number of hydrogen-bond donors (Lipinski definition) is 2. The van der Waals surface area contributed by atoms with Crippen LogP contribution in [0, 0.1) is 17.3 Å². The summed E-state index contributed by atoms with van der Waals surface area (Å²) in [5, 5.41) is 20.1. The van der Waals surface area contributed by atoms with Crippen molar-refractivity contribution < 1.29 is 19.7 Å². The quantitative estimate of drug-likeness (QED) is 0.822. The first-order chi connectivity index (χ1) is 10.1. The SMILES string of the molecule is O=C(O)C12CCCC(CO)(C1)OC21C2CCCC1CCC2. The molecule has 1 aliphatic heterocycles. The smallest absolute Gasteiger partial charge is 0.312 e. The van der Waals surface area contributed by atoms with Gasteiger partial charge in [0.2, 0.25) is 0 Å². The molecular formula is C17H26O4. The highest BCUT2D eigenvalue weighted by Crippen LogP contribution is 2.69. The lowest BCUT2D eigenvalue weighted by Gasteiger charge is -2.56. The van der Waals surface area contributed by atoms with Gasteiger partial charge in [-0.25, -0.2) is 0 Å². The number of carboxylic acid groups (broad SMARTS) is 1. The third-order valence-corrected chi connectivity index (χ3v) is 7.11. The first kappa shape index (κ1) is 14.0. The second kappa shape index (κ2) is 4.45. The molecule has 1 spiro atoms. The van der Waals surface area contributed by atoms with Gasteiger partial charge in [0, 0.05) is 0 Å². The van der Waals surface area contributed by atoms with Crippen molar-refractivity contribution in [3.8, 4) is 0 Å². The molecule has 1 heterocycles. The van der Waals surface area contributed by atoms with Gasteiger partial charge in [-0.3, -0.25) is 4.79 Å². The molecule has 4 nitrogen and oxygen atoms in total. The van der Waals surface area contributed by atoms with E-state index in [9.17, 15) is 15.0 Å². The van der Waals surface area contributed by atoms with E-state index in [0.717, 1.165) is 44.9 Å². The molecule has 4 bridgehead atoms. The Labute approximate surface area is 125 Å². The minimum absolute atomic E-state index is 0.0246. The number of ether oxygens (including phenoxy) is 1. The molecule has 4 heteroatoms. The van der Waals surface area contributed by atoms with Crippen LogP contribution in [0.4, 0.5) is 0 Å². The van der Waals surface area contributed by atoms with Crippen LogP contribution in [-0.4, -0.2) is 34.0 Å². The zero-order valence-electron chi connectivity index (χ0n) is 12.6. The van der Waals surface area contributed by atoms with Gasteiger partial charge in [0.1, 0.15) is 5.41 Å². The minimum atomic E-state index is -0.746. The molecule has 3 aliphatic carbocycles. The van der Waals surface area contributed by atoms with E-state index in [1.807, 2.05) is 0 Å². The topological polar surface area (TPSA) is 66.8 Å². The molecule has 21 heavy (non-hydrogen) atoms. The minimum Gasteiger partial charge on any atom is -0.481 e. The molecule has 0 radical (unpaired) electrons. The number of carboxylic acids is 1. The maximum atomic E-state index is 12.3. The van der Waals surface area contributed by atoms with Gasteiger partial charge in [-0.05, 0) is 63.2 Å². The van der Waals surface area contributed by atoms with Crippen LogP contribution in [0.1, 0.15) is 64.2 Å². The lowest BCUT2D eigenvalue weighted by atomic mass is 9.49. The predicted octanol–water partition coefficient (Wildman–Crippen LogP) is 2.73. The summed E-state index contributed by atoms with van der Waals surface area (Å²) >= 11 is 0. The number of hydrogen-bond acceptors (Lipinski definition) is 3. The molecule has 0 aromatic rings. The second-order valence-corrected chi connectivity index (χ2v) is 7.91. The molecule has 2 unspecified atom stereocenters. The van der Waals surface area contributed by atoms with E-state index in [4.69, 9.17) is 4.74 Å². The third kappa shape index (κ3) is 1.56. The molecular weight excluding hydrogens is 268 g/mol. The second-order valence-electron chi connectivity index (χ2n) is 7.91. The van der Waals surface area contributed by atoms with Gasteiger partial charge in [-0.1, -0.05) is 12.8 Å². The molecule has 2 atom stereocenters. The molecule has 0 aromatic heterocycles. The van der Waals surface area contributed by atoms with Gasteiger partial charge in [0.25, 0.3) is 0 Å². The standard InChI is InChI=1S/C17H26O4/c18-11-15-8-3-9-16(10-15,14(19)20)17(21-15)12-4-1-5-13(17)7-2-6-12/h12-13,18H,1-11H2,(H,19,20). The van der Waals surface area contributed by atoms with E-state index in [2.05, 4.69) is 0 Å². The van der Waals surface area contributed by atoms with Crippen molar-refractivity contribution in [2.75, 3.05) is 6.61 Å². The summed E-state index contributed by atoms with van der Waals surface area (Å²) in [5.74, 6) is 0.0941. The Kier molecular flexibility index (Phi) is 2.97. The van der Waals surface area contributed by atoms with Gasteiger partial charge < -0.3 is 14.9 Å². The average molecular weight is 294 g/mol. The van der Waals surface area contributed by atoms with Crippen LogP contribution >= 0.6 is 0 Å². The van der Waals surface area contributed by atoms with Crippen LogP contribution in [0.3, 0.4) is 0 Å². The first-order valence-electron chi connectivity index (χ1n) is 8.63. The summed E-state index contributed by atoms with van der Waals surface area (Å²) in [5.41, 5.74) is -1.82. The summed E-state index contributed by atoms with van der Waals surface area (Å²) in [7, 11) is 0. The van der Waals surface area contributed by atoms with E-state index in [1.165, 1.54) is 12.8 Å². The molecule has 2 N–H and O–H groups in total. The Hall–Kier alpha value is -0.610. The molecule has 4 rings (SSSR count). The highest BCUT2D eigenvalue weighted by Gasteiger charge is 2.74. The Bertz CT molecular complexity index is 440. The number of fused-ring (bicyclic) bond motifs is 2. The molecule has 118 valence electrons. The number of aliphatic carboxylic acids is 1. The van der Waals surface area contributed by atoms with Crippen LogP contribution in [0.25, 0.3) is 0 Å². The Morgan fingerprint density at radius 2 is 1.67 bits per heavy atom. The van der Waals surface area contributed by atoms with Crippen molar-refractivity contribution in [3.05, 3.63) is 0 Å². The number of aliphatic hydroxyl groups is 1. The Morgan fingerprint density at radius 3 is 2.19 bits per heavy atom. The van der Waals surface area contributed by atoms with Crippen LogP contribution in [0.5, 0.6) is 0 Å². The third-order valence-electron chi connectivity index (χ3n) is 7.11. The number of carbonyl (C=O) groups is 1. The van der Waals surface area contributed by atoms with E-state index in [1.54, 1.807) is 0 Å². The lowest BCUT2D eigenvalue weighted by molar-refractivity contribution is -0.225. The van der Waals surface area contributed by atoms with Gasteiger partial charge in [0.05, 0.1) is 17.8 Å². The van der Waals surface area contributed by atoms with Crippen LogP contribution in [-0.2, 0) is 9.53 Å². The molecule has 0 aromatic carbocycles. The lowest BCUT2D eigenvalue weighted by Crippen LogP contribution is -2.62. The van der Waals surface area contributed by atoms with Crippen molar-refractivity contribution in [1.29, 1.82) is 0 Å². The van der Waals surface area contributed by atoms with Crippen molar-refractivity contribution in [2.45, 2.75) is 75.4 Å². The van der Waals surface area contributed by atoms with E-state index < -0.39 is 22.6 Å². The van der Waals surface area contributed by atoms with Crippen LogP contribution in [0.2, 0.25) is 0 Å². The van der Waals surface area contributed by atoms with Gasteiger partial charge in [0.15, 0.2) is 0 Å². The van der Waals surface area contributed by atoms with Crippen LogP contribution in [0.15, 0.2) is 0 Å². The highest BCUT2D eigenvalue weighted by molar-refractivity contribution is 5.78. The molecule has 4 aliphatic rings. The van der Waals surface area contributed by atoms with Gasteiger partial charge in [-0.2, -0.15) is 0 Å². The first-order valence-corrected chi connectivity index (χ1v) is 8.63. The fourth-order valence-corrected chi connectivity index (χ4v) is 6.48. The van der Waals surface area contributed by atoms with E-state index in [0.29, 0.717) is 18.3 Å².